The molecule has 0 aliphatic heterocycles. The number of carbonyl (C=O) groups is 1. The number of ether oxygens (including phenoxy) is 1. The number of halogens is 1. The van der Waals surface area contributed by atoms with Crippen molar-refractivity contribution in [2.45, 2.75) is 39.7 Å². The Hall–Kier alpha value is -2.93. The molecule has 0 bridgehead atoms. The summed E-state index contributed by atoms with van der Waals surface area (Å²) in [5.74, 6) is 1.87. The summed E-state index contributed by atoms with van der Waals surface area (Å²) >= 11 is 5.90. The molecule has 1 amide bonds. The van der Waals surface area contributed by atoms with Crippen molar-refractivity contribution >= 4 is 17.5 Å². The maximum atomic E-state index is 12.5. The van der Waals surface area contributed by atoms with Crippen LogP contribution in [0.4, 0.5) is 0 Å². The first-order valence-electron chi connectivity index (χ1n) is 9.70. The summed E-state index contributed by atoms with van der Waals surface area (Å²) in [7, 11) is 3.42. The van der Waals surface area contributed by atoms with Gasteiger partial charge in [0.05, 0.1) is 19.3 Å². The van der Waals surface area contributed by atoms with E-state index in [1.165, 1.54) is 0 Å². The van der Waals surface area contributed by atoms with Crippen LogP contribution in [0, 0.1) is 13.8 Å². The fourth-order valence-corrected chi connectivity index (χ4v) is 3.32. The van der Waals surface area contributed by atoms with Crippen LogP contribution in [0.1, 0.15) is 35.6 Å². The molecular weight excluding hydrogens is 404 g/mol. The third-order valence-electron chi connectivity index (χ3n) is 4.91. The fraction of sp³-hybridized carbons (Fsp3) is 0.364. The van der Waals surface area contributed by atoms with Crippen LogP contribution in [0.2, 0.25) is 5.02 Å². The average Bonchev–Trinajstić information content (AvgIpc) is 3.19. The molecule has 0 spiro atoms. The fourth-order valence-electron chi connectivity index (χ4n) is 3.20. The van der Waals surface area contributed by atoms with E-state index in [0.717, 1.165) is 28.1 Å². The zero-order valence-electron chi connectivity index (χ0n) is 17.6. The van der Waals surface area contributed by atoms with Gasteiger partial charge in [0.25, 0.3) is 0 Å². The van der Waals surface area contributed by atoms with Crippen molar-refractivity contribution in [3.05, 3.63) is 58.2 Å². The van der Waals surface area contributed by atoms with Gasteiger partial charge < -0.3 is 14.2 Å². The molecule has 3 aromatic rings. The highest BCUT2D eigenvalue weighted by Crippen LogP contribution is 2.25. The second-order valence-corrected chi connectivity index (χ2v) is 7.60. The lowest BCUT2D eigenvalue weighted by Gasteiger charge is -2.19. The van der Waals surface area contributed by atoms with Crippen molar-refractivity contribution in [1.29, 1.82) is 0 Å². The summed E-state index contributed by atoms with van der Waals surface area (Å²) in [6.07, 6.45) is 3.31. The van der Waals surface area contributed by atoms with E-state index < -0.39 is 0 Å². The smallest absolute Gasteiger partial charge is 0.226 e. The minimum atomic E-state index is 0.0354. The van der Waals surface area contributed by atoms with Crippen molar-refractivity contribution in [3.8, 4) is 17.1 Å². The summed E-state index contributed by atoms with van der Waals surface area (Å²) in [6, 6.07) is 7.24. The van der Waals surface area contributed by atoms with Crippen molar-refractivity contribution in [3.63, 3.8) is 0 Å². The van der Waals surface area contributed by atoms with Crippen LogP contribution in [-0.2, 0) is 17.8 Å². The standard InChI is InChI=1S/C22H25ClN4O3/c1-14-12-24-18(15(2)21(14)29-4)13-27(3)20(28)7-5-6-19-25-22(26-30-19)16-8-10-17(23)11-9-16/h8-12H,5-7,13H2,1-4H3. The Morgan fingerprint density at radius 3 is 2.67 bits per heavy atom. The maximum Gasteiger partial charge on any atom is 0.226 e. The molecule has 7 nitrogen and oxygen atoms in total. The van der Waals surface area contributed by atoms with Crippen molar-refractivity contribution in [2.24, 2.45) is 0 Å². The number of carbonyl (C=O) groups excluding carboxylic acids is 1. The van der Waals surface area contributed by atoms with Gasteiger partial charge >= 0.3 is 0 Å². The Morgan fingerprint density at radius 1 is 1.23 bits per heavy atom. The van der Waals surface area contributed by atoms with E-state index in [4.69, 9.17) is 20.9 Å². The summed E-state index contributed by atoms with van der Waals surface area (Å²) < 4.78 is 10.7. The molecule has 0 fully saturated rings. The van der Waals surface area contributed by atoms with E-state index in [2.05, 4.69) is 15.1 Å². The van der Waals surface area contributed by atoms with Gasteiger partial charge in [0.1, 0.15) is 5.75 Å². The van der Waals surface area contributed by atoms with Gasteiger partial charge in [-0.3, -0.25) is 9.78 Å². The van der Waals surface area contributed by atoms with Crippen LogP contribution >= 0.6 is 11.6 Å². The Kier molecular flexibility index (Phi) is 7.05. The van der Waals surface area contributed by atoms with Crippen molar-refractivity contribution in [1.82, 2.24) is 20.0 Å². The second kappa shape index (κ2) is 9.71. The van der Waals surface area contributed by atoms with E-state index in [1.807, 2.05) is 26.0 Å². The van der Waals surface area contributed by atoms with Gasteiger partial charge in [-0.05, 0) is 44.5 Å². The first-order chi connectivity index (χ1) is 14.4. The number of nitrogens with zero attached hydrogens (tertiary/aromatic N) is 4. The Labute approximate surface area is 181 Å². The van der Waals surface area contributed by atoms with Crippen molar-refractivity contribution < 1.29 is 14.1 Å². The molecule has 0 saturated heterocycles. The number of hydrogen-bond acceptors (Lipinski definition) is 6. The van der Waals surface area contributed by atoms with Gasteiger partial charge in [0, 0.05) is 47.8 Å². The molecule has 0 aliphatic rings. The Morgan fingerprint density at radius 2 is 1.97 bits per heavy atom. The third-order valence-corrected chi connectivity index (χ3v) is 5.17. The molecule has 3 rings (SSSR count). The first kappa shape index (κ1) is 21.8. The van der Waals surface area contributed by atoms with Crippen LogP contribution < -0.4 is 4.74 Å². The monoisotopic (exact) mass is 428 g/mol. The lowest BCUT2D eigenvalue weighted by atomic mass is 10.1. The van der Waals surface area contributed by atoms with Gasteiger partial charge in [-0.25, -0.2) is 0 Å². The normalized spacial score (nSPS) is 10.8. The number of aromatic nitrogens is 3. The molecule has 0 aliphatic carbocycles. The van der Waals surface area contributed by atoms with E-state index in [0.29, 0.717) is 42.5 Å². The van der Waals surface area contributed by atoms with Gasteiger partial charge in [0.15, 0.2) is 0 Å². The molecule has 1 aromatic carbocycles. The topological polar surface area (TPSA) is 81.4 Å². The van der Waals surface area contributed by atoms with Crippen LogP contribution in [0.25, 0.3) is 11.4 Å². The highest BCUT2D eigenvalue weighted by Gasteiger charge is 2.15. The molecule has 158 valence electrons. The third kappa shape index (κ3) is 5.16. The molecule has 0 saturated carbocycles. The highest BCUT2D eigenvalue weighted by molar-refractivity contribution is 6.30. The number of amides is 1. The van der Waals surface area contributed by atoms with Crippen LogP contribution in [0.3, 0.4) is 0 Å². The summed E-state index contributed by atoms with van der Waals surface area (Å²) in [5.41, 5.74) is 3.60. The van der Waals surface area contributed by atoms with Crippen LogP contribution in [-0.4, -0.2) is 40.1 Å². The predicted molar refractivity (Wildman–Crippen MR) is 114 cm³/mol. The molecule has 2 heterocycles. The number of benzene rings is 1. The zero-order chi connectivity index (χ0) is 21.7. The molecule has 2 aromatic heterocycles. The average molecular weight is 429 g/mol. The second-order valence-electron chi connectivity index (χ2n) is 7.17. The Balaban J connectivity index is 1.52. The number of hydrogen-bond donors (Lipinski definition) is 0. The minimum Gasteiger partial charge on any atom is -0.496 e. The van der Waals surface area contributed by atoms with Crippen LogP contribution in [0.5, 0.6) is 5.75 Å². The van der Waals surface area contributed by atoms with Gasteiger partial charge in [-0.2, -0.15) is 4.98 Å². The summed E-state index contributed by atoms with van der Waals surface area (Å²) in [5, 5.41) is 4.65. The number of methoxy groups -OCH3 is 1. The minimum absolute atomic E-state index is 0.0354. The molecular formula is C22H25ClN4O3. The molecule has 0 unspecified atom stereocenters. The number of aryl methyl sites for hydroxylation is 2. The number of rotatable bonds is 8. The quantitative estimate of drug-likeness (QED) is 0.529. The highest BCUT2D eigenvalue weighted by atomic mass is 35.5. The molecule has 0 radical (unpaired) electrons. The van der Waals surface area contributed by atoms with Gasteiger partial charge in [-0.15, -0.1) is 0 Å². The lowest BCUT2D eigenvalue weighted by Crippen LogP contribution is -2.27. The van der Waals surface area contributed by atoms with Gasteiger partial charge in [0.2, 0.25) is 17.6 Å². The molecule has 30 heavy (non-hydrogen) atoms. The largest absolute Gasteiger partial charge is 0.496 e. The van der Waals surface area contributed by atoms with Crippen molar-refractivity contribution in [2.75, 3.05) is 14.2 Å². The number of pyridine rings is 1. The van der Waals surface area contributed by atoms with Gasteiger partial charge in [-0.1, -0.05) is 16.8 Å². The van der Waals surface area contributed by atoms with E-state index in [-0.39, 0.29) is 5.91 Å². The van der Waals surface area contributed by atoms with E-state index in [9.17, 15) is 4.79 Å². The zero-order valence-corrected chi connectivity index (χ0v) is 18.4. The Bertz CT molecular complexity index is 1020. The first-order valence-corrected chi connectivity index (χ1v) is 10.1. The molecule has 0 atom stereocenters. The molecule has 0 N–H and O–H groups in total. The summed E-state index contributed by atoms with van der Waals surface area (Å²) in [4.78, 5) is 23.0. The summed E-state index contributed by atoms with van der Waals surface area (Å²) in [6.45, 7) is 4.34. The molecule has 8 heteroatoms. The predicted octanol–water partition coefficient (Wildman–Crippen LogP) is 4.39. The van der Waals surface area contributed by atoms with Crippen LogP contribution in [0.15, 0.2) is 35.0 Å². The SMILES string of the molecule is COc1c(C)cnc(CN(C)C(=O)CCCc2nc(-c3ccc(Cl)cc3)no2)c1C. The van der Waals surface area contributed by atoms with E-state index >= 15 is 0 Å². The lowest BCUT2D eigenvalue weighted by molar-refractivity contribution is -0.130. The maximum absolute atomic E-state index is 12.5. The van der Waals surface area contributed by atoms with E-state index in [1.54, 1.807) is 37.4 Å².